The molecule has 4 heterocycles. The van der Waals surface area contributed by atoms with E-state index in [9.17, 15) is 9.59 Å². The number of fused-ring (bicyclic) bond motifs is 6. The van der Waals surface area contributed by atoms with Crippen LogP contribution in [0, 0.1) is 29.1 Å². The fourth-order valence-corrected chi connectivity index (χ4v) is 8.70. The maximum atomic E-state index is 12.8. The first-order valence-corrected chi connectivity index (χ1v) is 14.7. The van der Waals surface area contributed by atoms with Crippen molar-refractivity contribution in [3.63, 3.8) is 0 Å². The number of allylic oxidation sites excluding steroid dienone is 1. The molecule has 2 aromatic carbocycles. The van der Waals surface area contributed by atoms with E-state index in [-0.39, 0.29) is 36.2 Å². The Morgan fingerprint density at radius 3 is 1.79 bits per heavy atom. The lowest BCUT2D eigenvalue weighted by Gasteiger charge is -2.25. The van der Waals surface area contributed by atoms with Gasteiger partial charge in [-0.2, -0.15) is 0 Å². The Morgan fingerprint density at radius 2 is 1.23 bits per heavy atom. The highest BCUT2D eigenvalue weighted by atomic mass is 16.5. The first-order chi connectivity index (χ1) is 19.0. The second kappa shape index (κ2) is 8.77. The van der Waals surface area contributed by atoms with Gasteiger partial charge in [-0.05, 0) is 55.8 Å². The Bertz CT molecular complexity index is 1310. The van der Waals surface area contributed by atoms with Crippen LogP contribution >= 0.6 is 0 Å². The van der Waals surface area contributed by atoms with E-state index < -0.39 is 0 Å². The average molecular weight is 525 g/mol. The highest BCUT2D eigenvalue weighted by molar-refractivity contribution is 5.84. The van der Waals surface area contributed by atoms with Crippen LogP contribution in [-0.2, 0) is 19.1 Å². The number of amides is 2. The molecule has 0 N–H and O–H groups in total. The summed E-state index contributed by atoms with van der Waals surface area (Å²) in [4.78, 5) is 29.5. The number of benzene rings is 2. The standard InChI is InChI=1S/C17H19NO2.C16H17NO2/c19-15-13-9-17(6-7-17)8-12(13)14-10-20-16(18(14)15)11-4-2-1-3-5-11;1-10-7-12-13(8-10)15(18)17-14(12)9-19-16(17)11-5-3-2-4-6-11/h1-5,12-14,16H,6-10H2;2-6,12-14,16H,1,7-9H2/t2*12-,13?,14?,16-/m00/s1. The molecule has 3 aliphatic carbocycles. The lowest BCUT2D eigenvalue weighted by Crippen LogP contribution is -2.34. The van der Waals surface area contributed by atoms with Crippen LogP contribution in [0.15, 0.2) is 72.8 Å². The van der Waals surface area contributed by atoms with Crippen molar-refractivity contribution in [2.45, 2.75) is 63.1 Å². The molecule has 4 aliphatic heterocycles. The predicted octanol–water partition coefficient (Wildman–Crippen LogP) is 5.24. The molecular weight excluding hydrogens is 488 g/mol. The Hall–Kier alpha value is -2.96. The first kappa shape index (κ1) is 23.9. The van der Waals surface area contributed by atoms with Crippen LogP contribution in [-0.4, -0.2) is 46.9 Å². The molecule has 8 atom stereocenters. The molecule has 7 fully saturated rings. The molecule has 202 valence electrons. The molecule has 7 aliphatic rings. The van der Waals surface area contributed by atoms with Crippen LogP contribution in [0.2, 0.25) is 0 Å². The maximum absolute atomic E-state index is 12.8. The lowest BCUT2D eigenvalue weighted by atomic mass is 9.94. The minimum atomic E-state index is -0.183. The van der Waals surface area contributed by atoms with Crippen LogP contribution in [0.25, 0.3) is 0 Å². The molecule has 2 amide bonds. The fourth-order valence-electron chi connectivity index (χ4n) is 8.70. The van der Waals surface area contributed by atoms with Gasteiger partial charge in [0.05, 0.1) is 25.3 Å². The van der Waals surface area contributed by atoms with Crippen LogP contribution < -0.4 is 0 Å². The first-order valence-electron chi connectivity index (χ1n) is 14.7. The molecule has 39 heavy (non-hydrogen) atoms. The normalized spacial score (nSPS) is 38.5. The lowest BCUT2D eigenvalue weighted by molar-refractivity contribution is -0.138. The van der Waals surface area contributed by atoms with Crippen LogP contribution in [0.3, 0.4) is 0 Å². The monoisotopic (exact) mass is 524 g/mol. The molecule has 0 radical (unpaired) electrons. The van der Waals surface area contributed by atoms with Crippen molar-refractivity contribution in [2.75, 3.05) is 13.2 Å². The number of hydrogen-bond donors (Lipinski definition) is 0. The molecule has 4 unspecified atom stereocenters. The zero-order chi connectivity index (χ0) is 26.3. The van der Waals surface area contributed by atoms with Crippen LogP contribution in [0.1, 0.15) is 62.1 Å². The number of carbonyl (C=O) groups is 2. The van der Waals surface area contributed by atoms with Gasteiger partial charge in [0.15, 0.2) is 12.5 Å². The molecule has 6 heteroatoms. The summed E-state index contributed by atoms with van der Waals surface area (Å²) in [7, 11) is 0. The summed E-state index contributed by atoms with van der Waals surface area (Å²) in [6, 6.07) is 20.8. The topological polar surface area (TPSA) is 59.1 Å². The summed E-state index contributed by atoms with van der Waals surface area (Å²) in [5.41, 5.74) is 3.98. The Kier molecular flexibility index (Phi) is 5.37. The van der Waals surface area contributed by atoms with Gasteiger partial charge < -0.3 is 19.3 Å². The summed E-state index contributed by atoms with van der Waals surface area (Å²) in [6.45, 7) is 5.44. The Balaban J connectivity index is 0.000000121. The number of ether oxygens (including phenoxy) is 2. The summed E-state index contributed by atoms with van der Waals surface area (Å²) in [5.74, 6) is 2.05. The van der Waals surface area contributed by atoms with Gasteiger partial charge in [0.1, 0.15) is 0 Å². The SMILES string of the molecule is C=C1CC2C(=O)N3C(CO[C@H]3c3ccccc3)[C@H]2C1.O=C1C2CC3(CC3)C[C@@H]2C2CO[C@@H](c3ccccc3)N12. The van der Waals surface area contributed by atoms with Crippen molar-refractivity contribution >= 4 is 11.8 Å². The molecule has 2 aromatic rings. The summed E-state index contributed by atoms with van der Waals surface area (Å²) in [5, 5.41) is 0. The third-order valence-corrected chi connectivity index (χ3v) is 10.7. The average Bonchev–Trinajstić information content (AvgIpc) is 3.49. The molecule has 4 saturated heterocycles. The number of nitrogens with zero attached hydrogens (tertiary/aromatic N) is 2. The van der Waals surface area contributed by atoms with E-state index in [0.29, 0.717) is 35.8 Å². The molecule has 3 saturated carbocycles. The number of rotatable bonds is 2. The van der Waals surface area contributed by atoms with E-state index in [4.69, 9.17) is 9.47 Å². The number of hydrogen-bond acceptors (Lipinski definition) is 4. The third kappa shape index (κ3) is 3.67. The number of carbonyl (C=O) groups excluding carboxylic acids is 2. The molecule has 1 spiro atoms. The maximum Gasteiger partial charge on any atom is 0.229 e. The van der Waals surface area contributed by atoms with Gasteiger partial charge in [-0.15, -0.1) is 0 Å². The zero-order valence-corrected chi connectivity index (χ0v) is 22.3. The Labute approximate surface area is 229 Å². The smallest absolute Gasteiger partial charge is 0.229 e. The molecule has 6 nitrogen and oxygen atoms in total. The van der Waals surface area contributed by atoms with E-state index in [1.165, 1.54) is 24.8 Å². The molecule has 9 rings (SSSR count). The van der Waals surface area contributed by atoms with Crippen LogP contribution in [0.4, 0.5) is 0 Å². The van der Waals surface area contributed by atoms with E-state index in [1.807, 2.05) is 53.4 Å². The van der Waals surface area contributed by atoms with Gasteiger partial charge in [-0.1, -0.05) is 72.8 Å². The van der Waals surface area contributed by atoms with E-state index in [0.717, 1.165) is 37.0 Å². The minimum absolute atomic E-state index is 0.144. The quantitative estimate of drug-likeness (QED) is 0.504. The highest BCUT2D eigenvalue weighted by Crippen LogP contribution is 2.65. The minimum Gasteiger partial charge on any atom is -0.352 e. The van der Waals surface area contributed by atoms with Gasteiger partial charge >= 0.3 is 0 Å². The van der Waals surface area contributed by atoms with E-state index in [2.05, 4.69) is 23.6 Å². The fraction of sp³-hybridized carbons (Fsp3) is 0.515. The predicted molar refractivity (Wildman–Crippen MR) is 145 cm³/mol. The van der Waals surface area contributed by atoms with Gasteiger partial charge in [0.25, 0.3) is 0 Å². The summed E-state index contributed by atoms with van der Waals surface area (Å²) in [6.07, 6.45) is 6.64. The van der Waals surface area contributed by atoms with Gasteiger partial charge in [0.2, 0.25) is 11.8 Å². The highest BCUT2D eigenvalue weighted by Gasteiger charge is 2.64. The summed E-state index contributed by atoms with van der Waals surface area (Å²) >= 11 is 0. The zero-order valence-electron chi connectivity index (χ0n) is 22.3. The Morgan fingerprint density at radius 1 is 0.692 bits per heavy atom. The molecular formula is C33H36N2O4. The second-order valence-corrected chi connectivity index (χ2v) is 12.9. The molecule has 0 bridgehead atoms. The van der Waals surface area contributed by atoms with Gasteiger partial charge in [0, 0.05) is 23.0 Å². The third-order valence-electron chi connectivity index (χ3n) is 10.7. The van der Waals surface area contributed by atoms with E-state index >= 15 is 0 Å². The van der Waals surface area contributed by atoms with Gasteiger partial charge in [-0.25, -0.2) is 0 Å². The van der Waals surface area contributed by atoms with Crippen molar-refractivity contribution in [2.24, 2.45) is 29.1 Å². The van der Waals surface area contributed by atoms with Crippen molar-refractivity contribution in [3.05, 3.63) is 83.9 Å². The van der Waals surface area contributed by atoms with Crippen molar-refractivity contribution < 1.29 is 19.1 Å². The largest absolute Gasteiger partial charge is 0.352 e. The van der Waals surface area contributed by atoms with Gasteiger partial charge in [-0.3, -0.25) is 9.59 Å². The van der Waals surface area contributed by atoms with Crippen molar-refractivity contribution in [1.82, 2.24) is 9.80 Å². The second-order valence-electron chi connectivity index (χ2n) is 12.9. The molecule has 0 aromatic heterocycles. The summed E-state index contributed by atoms with van der Waals surface area (Å²) < 4.78 is 11.9. The van der Waals surface area contributed by atoms with E-state index in [1.54, 1.807) is 0 Å². The van der Waals surface area contributed by atoms with Crippen molar-refractivity contribution in [3.8, 4) is 0 Å². The van der Waals surface area contributed by atoms with Crippen LogP contribution in [0.5, 0.6) is 0 Å². The van der Waals surface area contributed by atoms with Crippen molar-refractivity contribution in [1.29, 1.82) is 0 Å².